The monoisotopic (exact) mass is 331 g/mol. The Balaban J connectivity index is 2.22. The van der Waals surface area contributed by atoms with E-state index >= 15 is 0 Å². The van der Waals surface area contributed by atoms with Gasteiger partial charge >= 0.3 is 5.97 Å². The van der Waals surface area contributed by atoms with Crippen LogP contribution in [-0.4, -0.2) is 38.0 Å². The minimum absolute atomic E-state index is 0.0718. The maximum atomic E-state index is 12.4. The fraction of sp³-hybridized carbons (Fsp3) is 0.250. The summed E-state index contributed by atoms with van der Waals surface area (Å²) in [6.45, 7) is -0.0748. The number of carboxylic acid groups (broad SMARTS) is 1. The molecule has 0 fully saturated rings. The summed E-state index contributed by atoms with van der Waals surface area (Å²) < 4.78 is 36.0. The van der Waals surface area contributed by atoms with Gasteiger partial charge in [-0.05, 0) is 23.6 Å². The zero-order valence-electron chi connectivity index (χ0n) is 11.3. The Morgan fingerprint density at radius 2 is 2.14 bits per heavy atom. The molecule has 0 amide bonds. The second kappa shape index (κ2) is 5.88. The number of ether oxygens (including phenoxy) is 1. The van der Waals surface area contributed by atoms with Crippen molar-refractivity contribution in [1.82, 2.24) is 4.31 Å². The third kappa shape index (κ3) is 3.09. The molecule has 2 aromatic rings. The van der Waals surface area contributed by atoms with Crippen molar-refractivity contribution in [2.45, 2.75) is 11.4 Å². The summed E-state index contributed by atoms with van der Waals surface area (Å²) >= 11 is 1.18. The summed E-state index contributed by atoms with van der Waals surface area (Å²) in [7, 11) is -0.953. The molecule has 0 saturated heterocycles. The second-order valence-electron chi connectivity index (χ2n) is 4.11. The zero-order valence-corrected chi connectivity index (χ0v) is 12.9. The van der Waals surface area contributed by atoms with E-state index in [2.05, 4.69) is 0 Å². The summed E-state index contributed by atoms with van der Waals surface area (Å²) in [5.41, 5.74) is 0. The molecule has 7 nitrogen and oxygen atoms in total. The van der Waals surface area contributed by atoms with Gasteiger partial charge in [-0.25, -0.2) is 13.2 Å². The Bertz CT molecular complexity index is 745. The van der Waals surface area contributed by atoms with Gasteiger partial charge in [0.05, 0.1) is 13.7 Å². The van der Waals surface area contributed by atoms with Crippen LogP contribution in [0.4, 0.5) is 0 Å². The van der Waals surface area contributed by atoms with Crippen molar-refractivity contribution in [1.29, 1.82) is 0 Å². The van der Waals surface area contributed by atoms with Crippen molar-refractivity contribution < 1.29 is 27.5 Å². The van der Waals surface area contributed by atoms with Crippen molar-refractivity contribution in [3.05, 3.63) is 35.1 Å². The smallest absolute Gasteiger partial charge is 0.371 e. The van der Waals surface area contributed by atoms with E-state index in [1.807, 2.05) is 0 Å². The number of hydrogen-bond acceptors (Lipinski definition) is 6. The quantitative estimate of drug-likeness (QED) is 0.868. The van der Waals surface area contributed by atoms with Crippen LogP contribution in [-0.2, 0) is 16.6 Å². The predicted molar refractivity (Wildman–Crippen MR) is 75.2 cm³/mol. The first-order chi connectivity index (χ1) is 9.86. The lowest BCUT2D eigenvalue weighted by Crippen LogP contribution is -2.26. The molecule has 0 aromatic carbocycles. The van der Waals surface area contributed by atoms with Crippen LogP contribution in [0.5, 0.6) is 5.06 Å². The molecule has 2 heterocycles. The van der Waals surface area contributed by atoms with Crippen LogP contribution in [0.1, 0.15) is 16.3 Å². The summed E-state index contributed by atoms with van der Waals surface area (Å²) in [4.78, 5) is 10.8. The van der Waals surface area contributed by atoms with Gasteiger partial charge in [-0.1, -0.05) is 0 Å². The molecule has 0 spiro atoms. The van der Waals surface area contributed by atoms with E-state index in [9.17, 15) is 13.2 Å². The molecule has 2 rings (SSSR count). The van der Waals surface area contributed by atoms with Crippen LogP contribution in [0.3, 0.4) is 0 Å². The summed E-state index contributed by atoms with van der Waals surface area (Å²) in [6, 6.07) is 4.17. The van der Waals surface area contributed by atoms with Crippen LogP contribution in [0.25, 0.3) is 0 Å². The normalized spacial score (nSPS) is 11.8. The van der Waals surface area contributed by atoms with Gasteiger partial charge in [0, 0.05) is 7.05 Å². The molecule has 0 aliphatic carbocycles. The van der Waals surface area contributed by atoms with Gasteiger partial charge < -0.3 is 14.3 Å². The Kier molecular flexibility index (Phi) is 4.35. The highest BCUT2D eigenvalue weighted by Crippen LogP contribution is 2.32. The van der Waals surface area contributed by atoms with Gasteiger partial charge in [0.25, 0.3) is 0 Å². The van der Waals surface area contributed by atoms with Crippen molar-refractivity contribution >= 4 is 27.3 Å². The highest BCUT2D eigenvalue weighted by Gasteiger charge is 2.26. The number of hydrogen-bond donors (Lipinski definition) is 1. The fourth-order valence-electron chi connectivity index (χ4n) is 1.67. The molecule has 21 heavy (non-hydrogen) atoms. The average Bonchev–Trinajstić information content (AvgIpc) is 3.06. The molecule has 2 aromatic heterocycles. The van der Waals surface area contributed by atoms with Crippen molar-refractivity contribution in [2.75, 3.05) is 14.2 Å². The highest BCUT2D eigenvalue weighted by molar-refractivity contribution is 7.89. The van der Waals surface area contributed by atoms with Crippen LogP contribution in [0.2, 0.25) is 0 Å². The van der Waals surface area contributed by atoms with Crippen LogP contribution < -0.4 is 4.74 Å². The number of furan rings is 1. The topological polar surface area (TPSA) is 97.1 Å². The number of aromatic carboxylic acids is 1. The van der Waals surface area contributed by atoms with E-state index in [1.165, 1.54) is 43.7 Å². The van der Waals surface area contributed by atoms with E-state index in [0.717, 1.165) is 4.31 Å². The standard InChI is InChI=1S/C12H13NO6S2/c1-13(7-8-3-4-9(19-8)11(14)15)21(16,17)10-5-6-20-12(10)18-2/h3-6H,7H2,1-2H3,(H,14,15). The molecule has 114 valence electrons. The molecule has 0 aliphatic rings. The molecule has 0 radical (unpaired) electrons. The number of carbonyl (C=O) groups is 1. The third-order valence-electron chi connectivity index (χ3n) is 2.72. The van der Waals surface area contributed by atoms with Gasteiger partial charge in [0.15, 0.2) is 5.06 Å². The lowest BCUT2D eigenvalue weighted by atomic mass is 10.4. The number of rotatable bonds is 6. The third-order valence-corrected chi connectivity index (χ3v) is 5.55. The van der Waals surface area contributed by atoms with Gasteiger partial charge in [0.2, 0.25) is 15.8 Å². The maximum Gasteiger partial charge on any atom is 0.371 e. The van der Waals surface area contributed by atoms with Gasteiger partial charge in [-0.3, -0.25) is 0 Å². The molecule has 0 aliphatic heterocycles. The first kappa shape index (κ1) is 15.5. The summed E-state index contributed by atoms with van der Waals surface area (Å²) in [5.74, 6) is -1.19. The maximum absolute atomic E-state index is 12.4. The van der Waals surface area contributed by atoms with E-state index in [-0.39, 0.29) is 23.0 Å². The molecule has 0 unspecified atom stereocenters. The van der Waals surface area contributed by atoms with E-state index in [1.54, 1.807) is 5.38 Å². The number of carboxylic acids is 1. The average molecular weight is 331 g/mol. The lowest BCUT2D eigenvalue weighted by molar-refractivity contribution is 0.0659. The Labute approximate surface area is 125 Å². The molecule has 0 saturated carbocycles. The van der Waals surface area contributed by atoms with Crippen LogP contribution in [0.15, 0.2) is 32.9 Å². The van der Waals surface area contributed by atoms with Crippen molar-refractivity contribution in [3.8, 4) is 5.06 Å². The first-order valence-electron chi connectivity index (χ1n) is 5.76. The Morgan fingerprint density at radius 1 is 1.43 bits per heavy atom. The number of nitrogens with zero attached hydrogens (tertiary/aromatic N) is 1. The summed E-state index contributed by atoms with van der Waals surface area (Å²) in [6.07, 6.45) is 0. The van der Waals surface area contributed by atoms with Gasteiger partial charge in [0.1, 0.15) is 10.7 Å². The molecule has 0 atom stereocenters. The number of methoxy groups -OCH3 is 1. The van der Waals surface area contributed by atoms with E-state index in [0.29, 0.717) is 5.06 Å². The lowest BCUT2D eigenvalue weighted by Gasteiger charge is -2.15. The van der Waals surface area contributed by atoms with Crippen molar-refractivity contribution in [3.63, 3.8) is 0 Å². The fourth-order valence-corrected chi connectivity index (χ4v) is 4.00. The minimum Gasteiger partial charge on any atom is -0.486 e. The molecule has 0 bridgehead atoms. The zero-order chi connectivity index (χ0) is 15.6. The molecule has 1 N–H and O–H groups in total. The highest BCUT2D eigenvalue weighted by atomic mass is 32.2. The number of thiophene rings is 1. The first-order valence-corrected chi connectivity index (χ1v) is 8.08. The van der Waals surface area contributed by atoms with Gasteiger partial charge in [-0.2, -0.15) is 4.31 Å². The molecule has 9 heteroatoms. The number of sulfonamides is 1. The second-order valence-corrected chi connectivity index (χ2v) is 7.00. The van der Waals surface area contributed by atoms with E-state index in [4.69, 9.17) is 14.3 Å². The molecular formula is C12H13NO6S2. The van der Waals surface area contributed by atoms with Crippen LogP contribution >= 0.6 is 11.3 Å². The minimum atomic E-state index is -3.74. The van der Waals surface area contributed by atoms with Gasteiger partial charge in [-0.15, -0.1) is 11.3 Å². The Hall–Kier alpha value is -1.84. The van der Waals surface area contributed by atoms with E-state index < -0.39 is 16.0 Å². The summed E-state index contributed by atoms with van der Waals surface area (Å²) in [5, 5.41) is 10.7. The Morgan fingerprint density at radius 3 is 2.71 bits per heavy atom. The molecular weight excluding hydrogens is 318 g/mol. The van der Waals surface area contributed by atoms with Crippen LogP contribution in [0, 0.1) is 0 Å². The van der Waals surface area contributed by atoms with Crippen molar-refractivity contribution in [2.24, 2.45) is 0 Å². The largest absolute Gasteiger partial charge is 0.486 e. The predicted octanol–water partition coefficient (Wildman–Crippen LogP) is 1.87. The SMILES string of the molecule is COc1sccc1S(=O)(=O)N(C)Cc1ccc(C(=O)O)o1.